The van der Waals surface area contributed by atoms with Gasteiger partial charge in [-0.15, -0.1) is 0 Å². The Bertz CT molecular complexity index is 677. The first-order valence-corrected chi connectivity index (χ1v) is 6.47. The zero-order valence-electron chi connectivity index (χ0n) is 9.17. The third kappa shape index (κ3) is 1.81. The van der Waals surface area contributed by atoms with Crippen molar-refractivity contribution in [3.63, 3.8) is 0 Å². The first-order valence-electron chi connectivity index (χ1n) is 5.30. The molecule has 3 heteroatoms. The van der Waals surface area contributed by atoms with Gasteiger partial charge in [0.05, 0.1) is 16.1 Å². The minimum atomic E-state index is 0.775. The van der Waals surface area contributed by atoms with Gasteiger partial charge in [-0.3, -0.25) is 0 Å². The average Bonchev–Trinajstić information content (AvgIpc) is 2.28. The fourth-order valence-electron chi connectivity index (χ4n) is 1.98. The zero-order chi connectivity index (χ0) is 12.0. The smallest absolute Gasteiger partial charge is 0.0735 e. The summed E-state index contributed by atoms with van der Waals surface area (Å²) in [6.07, 6.45) is 0. The molecule has 0 fully saturated rings. The maximum absolute atomic E-state index is 6.42. The molecule has 1 aromatic heterocycles. The van der Waals surface area contributed by atoms with Crippen LogP contribution in [0.4, 0.5) is 0 Å². The van der Waals surface area contributed by atoms with Gasteiger partial charge in [0.2, 0.25) is 0 Å². The summed E-state index contributed by atoms with van der Waals surface area (Å²) in [5.74, 6) is 0. The number of aryl methyl sites for hydroxylation is 1. The van der Waals surface area contributed by atoms with Gasteiger partial charge < -0.3 is 0 Å². The molecular formula is C14H9BrClN. The second kappa shape index (κ2) is 3.97. The number of pyridine rings is 1. The first kappa shape index (κ1) is 11.0. The maximum Gasteiger partial charge on any atom is 0.0735 e. The van der Waals surface area contributed by atoms with E-state index in [9.17, 15) is 0 Å². The van der Waals surface area contributed by atoms with Crippen LogP contribution in [0, 0.1) is 6.92 Å². The Labute approximate surface area is 113 Å². The lowest BCUT2D eigenvalue weighted by Gasteiger charge is -2.06. The lowest BCUT2D eigenvalue weighted by Crippen LogP contribution is -1.85. The van der Waals surface area contributed by atoms with Crippen molar-refractivity contribution in [2.24, 2.45) is 0 Å². The number of hydrogen-bond acceptors (Lipinski definition) is 1. The maximum atomic E-state index is 6.42. The molecule has 0 aliphatic carbocycles. The van der Waals surface area contributed by atoms with E-state index in [0.29, 0.717) is 0 Å². The second-order valence-corrected chi connectivity index (χ2v) is 5.40. The van der Waals surface area contributed by atoms with Crippen molar-refractivity contribution in [2.45, 2.75) is 6.92 Å². The minimum absolute atomic E-state index is 0.775. The van der Waals surface area contributed by atoms with Crippen molar-refractivity contribution >= 4 is 49.3 Å². The fraction of sp³-hybridized carbons (Fsp3) is 0.0714. The minimum Gasteiger partial charge on any atom is -0.248 e. The third-order valence-corrected chi connectivity index (χ3v) is 3.73. The Morgan fingerprint density at radius 1 is 1.00 bits per heavy atom. The van der Waals surface area contributed by atoms with Crippen LogP contribution in [0.2, 0.25) is 5.02 Å². The van der Waals surface area contributed by atoms with Gasteiger partial charge in [0.25, 0.3) is 0 Å². The Morgan fingerprint density at radius 2 is 1.65 bits per heavy atom. The van der Waals surface area contributed by atoms with Gasteiger partial charge in [-0.05, 0) is 30.7 Å². The number of fused-ring (bicyclic) bond motifs is 2. The molecule has 0 saturated carbocycles. The molecular weight excluding hydrogens is 298 g/mol. The highest BCUT2D eigenvalue weighted by Crippen LogP contribution is 2.31. The summed E-state index contributed by atoms with van der Waals surface area (Å²) < 4.78 is 1.01. The highest BCUT2D eigenvalue weighted by molar-refractivity contribution is 9.10. The fourth-order valence-corrected chi connectivity index (χ4v) is 2.65. The summed E-state index contributed by atoms with van der Waals surface area (Å²) >= 11 is 9.88. The van der Waals surface area contributed by atoms with E-state index < -0.39 is 0 Å². The van der Waals surface area contributed by atoms with Crippen LogP contribution in [0.15, 0.2) is 40.9 Å². The third-order valence-electron chi connectivity index (χ3n) is 2.83. The summed E-state index contributed by atoms with van der Waals surface area (Å²) in [5.41, 5.74) is 3.05. The van der Waals surface area contributed by atoms with E-state index >= 15 is 0 Å². The summed E-state index contributed by atoms with van der Waals surface area (Å²) in [7, 11) is 0. The highest BCUT2D eigenvalue weighted by atomic mass is 79.9. The highest BCUT2D eigenvalue weighted by Gasteiger charge is 2.07. The van der Waals surface area contributed by atoms with Crippen LogP contribution in [0.5, 0.6) is 0 Å². The molecule has 0 spiro atoms. The molecule has 0 amide bonds. The van der Waals surface area contributed by atoms with Crippen molar-refractivity contribution in [3.05, 3.63) is 51.5 Å². The SMILES string of the molecule is Cc1ccc2c(Cl)c3ccc(Br)cc3nc2c1. The molecule has 0 saturated heterocycles. The number of hydrogen-bond donors (Lipinski definition) is 0. The van der Waals surface area contributed by atoms with Gasteiger partial charge in [0, 0.05) is 15.2 Å². The normalized spacial score (nSPS) is 11.2. The molecule has 2 aromatic carbocycles. The largest absolute Gasteiger partial charge is 0.248 e. The van der Waals surface area contributed by atoms with Gasteiger partial charge in [-0.2, -0.15) is 0 Å². The van der Waals surface area contributed by atoms with E-state index in [4.69, 9.17) is 11.6 Å². The molecule has 17 heavy (non-hydrogen) atoms. The monoisotopic (exact) mass is 305 g/mol. The van der Waals surface area contributed by atoms with Gasteiger partial charge in [0.1, 0.15) is 0 Å². The topological polar surface area (TPSA) is 12.9 Å². The average molecular weight is 307 g/mol. The molecule has 3 aromatic rings. The molecule has 0 radical (unpaired) electrons. The summed E-state index contributed by atoms with van der Waals surface area (Å²) in [6, 6.07) is 12.1. The Balaban J connectivity index is 2.52. The molecule has 0 N–H and O–H groups in total. The molecule has 0 bridgehead atoms. The summed E-state index contributed by atoms with van der Waals surface area (Å²) in [5, 5.41) is 2.77. The number of rotatable bonds is 0. The Morgan fingerprint density at radius 3 is 2.41 bits per heavy atom. The predicted octanol–water partition coefficient (Wildman–Crippen LogP) is 5.11. The molecule has 0 atom stereocenters. The predicted molar refractivity (Wildman–Crippen MR) is 76.7 cm³/mol. The van der Waals surface area contributed by atoms with E-state index in [1.165, 1.54) is 5.56 Å². The van der Waals surface area contributed by atoms with Crippen LogP contribution in [0.1, 0.15) is 5.56 Å². The second-order valence-electron chi connectivity index (χ2n) is 4.11. The van der Waals surface area contributed by atoms with Crippen molar-refractivity contribution < 1.29 is 0 Å². The van der Waals surface area contributed by atoms with E-state index in [-0.39, 0.29) is 0 Å². The standard InChI is InChI=1S/C14H9BrClN/c1-8-2-4-10-12(6-8)17-13-7-9(15)3-5-11(13)14(10)16/h2-7H,1H3. The van der Waals surface area contributed by atoms with E-state index in [0.717, 1.165) is 31.3 Å². The molecule has 84 valence electrons. The Kier molecular flexibility index (Phi) is 2.57. The van der Waals surface area contributed by atoms with E-state index in [2.05, 4.69) is 40.0 Å². The summed E-state index contributed by atoms with van der Waals surface area (Å²) in [6.45, 7) is 2.06. The lowest BCUT2D eigenvalue weighted by molar-refractivity contribution is 1.44. The Hall–Kier alpha value is -1.12. The zero-order valence-corrected chi connectivity index (χ0v) is 11.5. The van der Waals surface area contributed by atoms with Crippen LogP contribution < -0.4 is 0 Å². The number of benzene rings is 2. The molecule has 1 heterocycles. The van der Waals surface area contributed by atoms with Gasteiger partial charge in [-0.1, -0.05) is 45.7 Å². The molecule has 0 aliphatic heterocycles. The van der Waals surface area contributed by atoms with Crippen molar-refractivity contribution in [1.82, 2.24) is 4.98 Å². The number of aromatic nitrogens is 1. The van der Waals surface area contributed by atoms with Crippen molar-refractivity contribution in [3.8, 4) is 0 Å². The van der Waals surface area contributed by atoms with Gasteiger partial charge in [-0.25, -0.2) is 4.98 Å². The summed E-state index contributed by atoms with van der Waals surface area (Å²) in [4.78, 5) is 4.65. The van der Waals surface area contributed by atoms with Crippen LogP contribution >= 0.6 is 27.5 Å². The van der Waals surface area contributed by atoms with Gasteiger partial charge >= 0.3 is 0 Å². The molecule has 0 aliphatic rings. The van der Waals surface area contributed by atoms with Crippen molar-refractivity contribution in [1.29, 1.82) is 0 Å². The first-order chi connectivity index (χ1) is 8.15. The van der Waals surface area contributed by atoms with Crippen LogP contribution in [-0.4, -0.2) is 4.98 Å². The quantitative estimate of drug-likeness (QED) is 0.526. The lowest BCUT2D eigenvalue weighted by atomic mass is 10.1. The number of halogens is 2. The van der Waals surface area contributed by atoms with E-state index in [1.54, 1.807) is 0 Å². The van der Waals surface area contributed by atoms with Crippen molar-refractivity contribution in [2.75, 3.05) is 0 Å². The van der Waals surface area contributed by atoms with Gasteiger partial charge in [0.15, 0.2) is 0 Å². The molecule has 3 rings (SSSR count). The van der Waals surface area contributed by atoms with Crippen LogP contribution in [0.25, 0.3) is 21.8 Å². The molecule has 1 nitrogen and oxygen atoms in total. The van der Waals surface area contributed by atoms with Crippen LogP contribution in [-0.2, 0) is 0 Å². The van der Waals surface area contributed by atoms with E-state index in [1.807, 2.05) is 24.3 Å². The van der Waals surface area contributed by atoms with Crippen LogP contribution in [0.3, 0.4) is 0 Å². The molecule has 0 unspecified atom stereocenters. The number of nitrogens with zero attached hydrogens (tertiary/aromatic N) is 1.